The zero-order valence-corrected chi connectivity index (χ0v) is 14.3. The summed E-state index contributed by atoms with van der Waals surface area (Å²) in [6.45, 7) is 5.80. The van der Waals surface area contributed by atoms with E-state index in [0.29, 0.717) is 22.8 Å². The maximum Gasteiger partial charge on any atom is 0.259 e. The highest BCUT2D eigenvalue weighted by Gasteiger charge is 2.37. The molecule has 1 aliphatic rings. The van der Waals surface area contributed by atoms with Crippen molar-refractivity contribution in [3.8, 4) is 0 Å². The Morgan fingerprint density at radius 2 is 2.04 bits per heavy atom. The first-order chi connectivity index (χ1) is 10.9. The van der Waals surface area contributed by atoms with Crippen LogP contribution in [-0.4, -0.2) is 39.9 Å². The highest BCUT2D eigenvalue weighted by Crippen LogP contribution is 2.28. The molecule has 1 aromatic heterocycles. The van der Waals surface area contributed by atoms with Crippen LogP contribution in [0.5, 0.6) is 0 Å². The van der Waals surface area contributed by atoms with Crippen LogP contribution in [0.1, 0.15) is 31.1 Å². The molecule has 3 rings (SSSR count). The number of hydrogen-bond acceptors (Lipinski definition) is 4. The van der Waals surface area contributed by atoms with E-state index in [9.17, 15) is 9.59 Å². The van der Waals surface area contributed by atoms with Crippen LogP contribution >= 0.6 is 11.8 Å². The molecule has 1 atom stereocenters. The van der Waals surface area contributed by atoms with Crippen LogP contribution < -0.4 is 5.32 Å². The van der Waals surface area contributed by atoms with Crippen molar-refractivity contribution < 1.29 is 14.0 Å². The Balaban J connectivity index is 1.85. The number of carbonyl (C=O) groups is 2. The molecule has 122 valence electrons. The van der Waals surface area contributed by atoms with Crippen LogP contribution in [0.3, 0.4) is 0 Å². The van der Waals surface area contributed by atoms with Crippen LogP contribution in [-0.2, 0) is 4.79 Å². The first-order valence-corrected chi connectivity index (χ1v) is 8.69. The summed E-state index contributed by atoms with van der Waals surface area (Å²) in [6, 6.07) is 6.98. The Morgan fingerprint density at radius 3 is 2.78 bits per heavy atom. The van der Waals surface area contributed by atoms with Crippen LogP contribution in [0.25, 0.3) is 11.0 Å². The fraction of sp³-hybridized carbons (Fsp3) is 0.412. The number of nitrogens with zero attached hydrogens (tertiary/aromatic N) is 1. The van der Waals surface area contributed by atoms with Crippen LogP contribution in [0.15, 0.2) is 34.9 Å². The van der Waals surface area contributed by atoms with Gasteiger partial charge in [0.1, 0.15) is 17.9 Å². The van der Waals surface area contributed by atoms with E-state index < -0.39 is 6.04 Å². The number of rotatable bonds is 2. The molecule has 1 aliphatic heterocycles. The Hall–Kier alpha value is -1.95. The second-order valence-corrected chi connectivity index (χ2v) is 7.68. The van der Waals surface area contributed by atoms with Crippen molar-refractivity contribution in [3.05, 3.63) is 36.1 Å². The van der Waals surface area contributed by atoms with Crippen LogP contribution in [0.2, 0.25) is 0 Å². The van der Waals surface area contributed by atoms with E-state index >= 15 is 0 Å². The lowest BCUT2D eigenvalue weighted by Gasteiger charge is -2.27. The molecule has 0 aliphatic carbocycles. The topological polar surface area (TPSA) is 62.6 Å². The molecule has 2 aromatic rings. The van der Waals surface area contributed by atoms with Crippen LogP contribution in [0, 0.1) is 0 Å². The van der Waals surface area contributed by atoms with Crippen molar-refractivity contribution in [1.82, 2.24) is 10.2 Å². The minimum Gasteiger partial charge on any atom is -0.463 e. The Labute approximate surface area is 139 Å². The lowest BCUT2D eigenvalue weighted by atomic mass is 10.1. The number of benzene rings is 1. The van der Waals surface area contributed by atoms with E-state index in [4.69, 9.17) is 4.42 Å². The van der Waals surface area contributed by atoms with Crippen LogP contribution in [0.4, 0.5) is 0 Å². The second kappa shape index (κ2) is 5.92. The van der Waals surface area contributed by atoms with E-state index in [2.05, 4.69) is 5.32 Å². The lowest BCUT2D eigenvalue weighted by molar-refractivity contribution is -0.125. The Bertz CT molecular complexity index is 748. The number of thioether (sulfide) groups is 1. The van der Waals surface area contributed by atoms with Crippen molar-refractivity contribution in [2.75, 3.05) is 11.6 Å². The molecule has 6 heteroatoms. The van der Waals surface area contributed by atoms with Gasteiger partial charge in [0, 0.05) is 16.7 Å². The van der Waals surface area contributed by atoms with Gasteiger partial charge < -0.3 is 14.6 Å². The molecule has 0 spiro atoms. The van der Waals surface area contributed by atoms with Gasteiger partial charge in [-0.25, -0.2) is 0 Å². The van der Waals surface area contributed by atoms with Gasteiger partial charge >= 0.3 is 0 Å². The summed E-state index contributed by atoms with van der Waals surface area (Å²) in [5, 5.41) is 3.74. The van der Waals surface area contributed by atoms with Gasteiger partial charge in [-0.15, -0.1) is 11.8 Å². The summed E-state index contributed by atoms with van der Waals surface area (Å²) in [6.07, 6.45) is 1.48. The number of nitrogens with one attached hydrogen (secondary N) is 1. The minimum atomic E-state index is -0.444. The molecule has 2 heterocycles. The summed E-state index contributed by atoms with van der Waals surface area (Å²) in [5.41, 5.74) is 0.872. The number of furan rings is 1. The molecule has 1 aromatic carbocycles. The number of para-hydroxylation sites is 1. The van der Waals surface area contributed by atoms with Gasteiger partial charge in [-0.3, -0.25) is 9.59 Å². The van der Waals surface area contributed by atoms with E-state index in [1.165, 1.54) is 6.26 Å². The fourth-order valence-electron chi connectivity index (χ4n) is 2.61. The average molecular weight is 332 g/mol. The molecule has 1 fully saturated rings. The monoisotopic (exact) mass is 332 g/mol. The summed E-state index contributed by atoms with van der Waals surface area (Å²) in [7, 11) is 0. The zero-order valence-electron chi connectivity index (χ0n) is 13.5. The SMILES string of the molecule is CC(C)(C)NC(=O)C1CSCN1C(=O)c1coc2ccccc12. The first-order valence-electron chi connectivity index (χ1n) is 7.54. The predicted molar refractivity (Wildman–Crippen MR) is 91.4 cm³/mol. The normalized spacial score (nSPS) is 18.4. The molecule has 23 heavy (non-hydrogen) atoms. The number of hydrogen-bond donors (Lipinski definition) is 1. The summed E-state index contributed by atoms with van der Waals surface area (Å²) in [4.78, 5) is 27.0. The molecule has 0 saturated carbocycles. The second-order valence-electron chi connectivity index (χ2n) is 6.68. The molecule has 0 bridgehead atoms. The molecule has 1 unspecified atom stereocenters. The van der Waals surface area contributed by atoms with Gasteiger partial charge in [0.2, 0.25) is 5.91 Å². The molecule has 0 radical (unpaired) electrons. The Morgan fingerprint density at radius 1 is 1.30 bits per heavy atom. The molecule has 1 saturated heterocycles. The van der Waals surface area contributed by atoms with Crippen molar-refractivity contribution in [3.63, 3.8) is 0 Å². The van der Waals surface area contributed by atoms with Gasteiger partial charge in [-0.1, -0.05) is 18.2 Å². The predicted octanol–water partition coefficient (Wildman–Crippen LogP) is 2.86. The molecular formula is C17H20N2O3S. The minimum absolute atomic E-state index is 0.108. The molecule has 5 nitrogen and oxygen atoms in total. The number of carbonyl (C=O) groups excluding carboxylic acids is 2. The summed E-state index contributed by atoms with van der Waals surface area (Å²) < 4.78 is 5.45. The third-order valence-electron chi connectivity index (χ3n) is 3.66. The maximum atomic E-state index is 12.9. The van der Waals surface area contributed by atoms with Gasteiger partial charge in [-0.2, -0.15) is 0 Å². The van der Waals surface area contributed by atoms with Gasteiger partial charge in [0.25, 0.3) is 5.91 Å². The van der Waals surface area contributed by atoms with Gasteiger partial charge in [0.05, 0.1) is 11.4 Å². The first kappa shape index (κ1) is 15.9. The highest BCUT2D eigenvalue weighted by atomic mass is 32.2. The summed E-state index contributed by atoms with van der Waals surface area (Å²) >= 11 is 1.59. The average Bonchev–Trinajstić information content (AvgIpc) is 3.12. The van der Waals surface area contributed by atoms with Gasteiger partial charge in [-0.05, 0) is 26.8 Å². The van der Waals surface area contributed by atoms with E-state index in [0.717, 1.165) is 5.39 Å². The standard InChI is InChI=1S/C17H20N2O3S/c1-17(2,3)18-15(20)13-9-23-10-19(13)16(21)12-8-22-14-7-5-4-6-11(12)14/h4-8,13H,9-10H2,1-3H3,(H,18,20). The van der Waals surface area contributed by atoms with E-state index in [1.807, 2.05) is 45.0 Å². The van der Waals surface area contributed by atoms with E-state index in [1.54, 1.807) is 16.7 Å². The maximum absolute atomic E-state index is 12.9. The van der Waals surface area contributed by atoms with E-state index in [-0.39, 0.29) is 17.4 Å². The number of fused-ring (bicyclic) bond motifs is 1. The van der Waals surface area contributed by atoms with Crippen molar-refractivity contribution in [1.29, 1.82) is 0 Å². The van der Waals surface area contributed by atoms with Crippen molar-refractivity contribution >= 4 is 34.5 Å². The quantitative estimate of drug-likeness (QED) is 0.918. The molecule has 1 N–H and O–H groups in total. The Kier molecular flexibility index (Phi) is 4.10. The molecule has 2 amide bonds. The molecular weight excluding hydrogens is 312 g/mol. The third-order valence-corrected chi connectivity index (χ3v) is 4.67. The van der Waals surface area contributed by atoms with Crippen molar-refractivity contribution in [2.45, 2.75) is 32.4 Å². The third kappa shape index (κ3) is 3.22. The number of amides is 2. The summed E-state index contributed by atoms with van der Waals surface area (Å²) in [5.74, 6) is 0.863. The lowest BCUT2D eigenvalue weighted by Crippen LogP contribution is -2.52. The van der Waals surface area contributed by atoms with Crippen molar-refractivity contribution in [2.24, 2.45) is 0 Å². The fourth-order valence-corrected chi connectivity index (χ4v) is 3.76. The largest absolute Gasteiger partial charge is 0.463 e. The zero-order chi connectivity index (χ0) is 16.6. The van der Waals surface area contributed by atoms with Gasteiger partial charge in [0.15, 0.2) is 0 Å². The highest BCUT2D eigenvalue weighted by molar-refractivity contribution is 7.99. The smallest absolute Gasteiger partial charge is 0.259 e.